The van der Waals surface area contributed by atoms with Gasteiger partial charge in [-0.1, -0.05) is 11.8 Å². The number of thioether (sulfide) groups is 1. The largest absolute Gasteiger partial charge is 0.440 e. The Morgan fingerprint density at radius 3 is 3.07 bits per heavy atom. The minimum atomic E-state index is -0.687. The predicted octanol–water partition coefficient (Wildman–Crippen LogP) is 2.18. The molecule has 0 saturated carbocycles. The third kappa shape index (κ3) is 4.86. The Labute approximate surface area is 93.9 Å². The smallest absolute Gasteiger partial charge is 0.255 e. The highest BCUT2D eigenvalue weighted by molar-refractivity contribution is 7.99. The zero-order valence-electron chi connectivity index (χ0n) is 8.77. The van der Waals surface area contributed by atoms with Crippen molar-refractivity contribution >= 4 is 11.8 Å². The van der Waals surface area contributed by atoms with Gasteiger partial charge >= 0.3 is 0 Å². The maximum absolute atomic E-state index is 8.70. The number of hydrogen-bond acceptors (Lipinski definition) is 5. The first kappa shape index (κ1) is 12.1. The molecule has 1 heterocycles. The van der Waals surface area contributed by atoms with Crippen molar-refractivity contribution in [2.45, 2.75) is 36.9 Å². The predicted molar refractivity (Wildman–Crippen MR) is 59.3 cm³/mol. The van der Waals surface area contributed by atoms with Gasteiger partial charge in [0.25, 0.3) is 5.22 Å². The highest BCUT2D eigenvalue weighted by Gasteiger charge is 2.15. The molecule has 1 unspecified atom stereocenters. The second-order valence-electron chi connectivity index (χ2n) is 3.63. The van der Waals surface area contributed by atoms with Crippen LogP contribution in [0.3, 0.4) is 0 Å². The molecule has 0 saturated heterocycles. The lowest BCUT2D eigenvalue weighted by atomic mass is 9.99. The van der Waals surface area contributed by atoms with Gasteiger partial charge in [-0.15, -0.1) is 0 Å². The quantitative estimate of drug-likeness (QED) is 0.593. The van der Waals surface area contributed by atoms with Crippen LogP contribution in [0.5, 0.6) is 0 Å². The van der Waals surface area contributed by atoms with Gasteiger partial charge in [0.1, 0.15) is 11.8 Å². The van der Waals surface area contributed by atoms with Gasteiger partial charge in [0.05, 0.1) is 12.3 Å². The van der Waals surface area contributed by atoms with Gasteiger partial charge in [-0.2, -0.15) is 5.26 Å². The van der Waals surface area contributed by atoms with E-state index < -0.39 is 5.54 Å². The van der Waals surface area contributed by atoms with Crippen molar-refractivity contribution < 1.29 is 4.42 Å². The summed E-state index contributed by atoms with van der Waals surface area (Å²) < 4.78 is 5.08. The van der Waals surface area contributed by atoms with Crippen LogP contribution in [0, 0.1) is 11.3 Å². The number of oxazole rings is 1. The van der Waals surface area contributed by atoms with Crippen LogP contribution in [0.4, 0.5) is 0 Å². The fourth-order valence-corrected chi connectivity index (χ4v) is 1.87. The second-order valence-corrected chi connectivity index (χ2v) is 4.68. The molecule has 0 aliphatic rings. The van der Waals surface area contributed by atoms with Crippen LogP contribution < -0.4 is 5.73 Å². The van der Waals surface area contributed by atoms with Crippen molar-refractivity contribution in [3.8, 4) is 6.07 Å². The SMILES string of the molecule is CC(N)(C#N)CCCCSc1ncco1. The van der Waals surface area contributed by atoms with Crippen LogP contribution in [-0.2, 0) is 0 Å². The minimum Gasteiger partial charge on any atom is -0.440 e. The summed E-state index contributed by atoms with van der Waals surface area (Å²) >= 11 is 1.58. The third-order valence-corrected chi connectivity index (χ3v) is 2.92. The summed E-state index contributed by atoms with van der Waals surface area (Å²) in [5, 5.41) is 9.40. The molecular formula is C10H15N3OS. The van der Waals surface area contributed by atoms with Gasteiger partial charge in [-0.3, -0.25) is 0 Å². The molecular weight excluding hydrogens is 210 g/mol. The molecule has 1 aromatic heterocycles. The number of nitriles is 1. The van der Waals surface area contributed by atoms with E-state index >= 15 is 0 Å². The molecule has 0 aliphatic carbocycles. The van der Waals surface area contributed by atoms with Gasteiger partial charge in [0.15, 0.2) is 0 Å². The van der Waals surface area contributed by atoms with Gasteiger partial charge in [0.2, 0.25) is 0 Å². The van der Waals surface area contributed by atoms with E-state index in [0.29, 0.717) is 5.22 Å². The zero-order chi connectivity index (χ0) is 11.1. The maximum Gasteiger partial charge on any atom is 0.255 e. The molecule has 2 N–H and O–H groups in total. The first-order valence-electron chi connectivity index (χ1n) is 4.86. The lowest BCUT2D eigenvalue weighted by molar-refractivity contribution is 0.453. The molecule has 0 bridgehead atoms. The van der Waals surface area contributed by atoms with Crippen LogP contribution in [0.1, 0.15) is 26.2 Å². The third-order valence-electron chi connectivity index (χ3n) is 1.98. The number of unbranched alkanes of at least 4 members (excludes halogenated alkanes) is 1. The minimum absolute atomic E-state index is 0.687. The lowest BCUT2D eigenvalue weighted by Crippen LogP contribution is -2.33. The van der Waals surface area contributed by atoms with Crippen LogP contribution >= 0.6 is 11.8 Å². The van der Waals surface area contributed by atoms with Gasteiger partial charge in [-0.25, -0.2) is 4.98 Å². The van der Waals surface area contributed by atoms with Crippen molar-refractivity contribution in [1.29, 1.82) is 5.26 Å². The Bertz CT molecular complexity index is 316. The zero-order valence-corrected chi connectivity index (χ0v) is 9.59. The summed E-state index contributed by atoms with van der Waals surface area (Å²) in [5.41, 5.74) is 5.01. The molecule has 0 amide bonds. The monoisotopic (exact) mass is 225 g/mol. The molecule has 0 fully saturated rings. The summed E-state index contributed by atoms with van der Waals surface area (Å²) in [5.74, 6) is 0.946. The molecule has 1 aromatic rings. The van der Waals surface area contributed by atoms with Crippen LogP contribution in [0.15, 0.2) is 22.1 Å². The normalized spacial score (nSPS) is 14.5. The number of rotatable bonds is 6. The Morgan fingerprint density at radius 1 is 1.67 bits per heavy atom. The molecule has 0 radical (unpaired) electrons. The first-order valence-corrected chi connectivity index (χ1v) is 5.85. The van der Waals surface area contributed by atoms with Crippen molar-refractivity contribution in [3.63, 3.8) is 0 Å². The van der Waals surface area contributed by atoms with Gasteiger partial charge < -0.3 is 10.2 Å². The molecule has 15 heavy (non-hydrogen) atoms. The van der Waals surface area contributed by atoms with E-state index in [1.165, 1.54) is 0 Å². The van der Waals surface area contributed by atoms with E-state index in [1.54, 1.807) is 31.1 Å². The summed E-state index contributed by atoms with van der Waals surface area (Å²) in [4.78, 5) is 4.00. The Kier molecular flexibility index (Phi) is 4.66. The number of hydrogen-bond donors (Lipinski definition) is 1. The van der Waals surface area contributed by atoms with Gasteiger partial charge in [0, 0.05) is 5.75 Å². The maximum atomic E-state index is 8.70. The number of nitrogens with two attached hydrogens (primary N) is 1. The fourth-order valence-electron chi connectivity index (χ4n) is 1.09. The molecule has 4 nitrogen and oxygen atoms in total. The van der Waals surface area contributed by atoms with Crippen molar-refractivity contribution in [3.05, 3.63) is 12.5 Å². The van der Waals surface area contributed by atoms with Crippen molar-refractivity contribution in [2.24, 2.45) is 5.73 Å². The van der Waals surface area contributed by atoms with Gasteiger partial charge in [-0.05, 0) is 26.2 Å². The van der Waals surface area contributed by atoms with Crippen molar-refractivity contribution in [1.82, 2.24) is 4.98 Å². The van der Waals surface area contributed by atoms with Crippen LogP contribution in [-0.4, -0.2) is 16.3 Å². The molecule has 1 atom stereocenters. The number of nitrogens with zero attached hydrogens (tertiary/aromatic N) is 2. The van der Waals surface area contributed by atoms with E-state index in [4.69, 9.17) is 15.4 Å². The van der Waals surface area contributed by atoms with Crippen LogP contribution in [0.2, 0.25) is 0 Å². The Balaban J connectivity index is 2.06. The van der Waals surface area contributed by atoms with Crippen LogP contribution in [0.25, 0.3) is 0 Å². The summed E-state index contributed by atoms with van der Waals surface area (Å²) in [6.45, 7) is 1.76. The standard InChI is InChI=1S/C10H15N3OS/c1-10(12,8-11)4-2-3-7-15-9-13-5-6-14-9/h5-6H,2-4,7,12H2,1H3. The lowest BCUT2D eigenvalue weighted by Gasteiger charge is -2.13. The topological polar surface area (TPSA) is 75.8 Å². The fraction of sp³-hybridized carbons (Fsp3) is 0.600. The van der Waals surface area contributed by atoms with Crippen molar-refractivity contribution in [2.75, 3.05) is 5.75 Å². The molecule has 0 aliphatic heterocycles. The summed E-state index contributed by atoms with van der Waals surface area (Å²) in [6, 6.07) is 2.09. The summed E-state index contributed by atoms with van der Waals surface area (Å²) in [7, 11) is 0. The molecule has 82 valence electrons. The Morgan fingerprint density at radius 2 is 2.47 bits per heavy atom. The first-order chi connectivity index (χ1) is 7.14. The van der Waals surface area contributed by atoms with E-state index in [-0.39, 0.29) is 0 Å². The van der Waals surface area contributed by atoms with E-state index in [2.05, 4.69) is 11.1 Å². The Hall–Kier alpha value is -0.990. The van der Waals surface area contributed by atoms with E-state index in [0.717, 1.165) is 25.0 Å². The number of aromatic nitrogens is 1. The average molecular weight is 225 g/mol. The molecule has 0 spiro atoms. The average Bonchev–Trinajstić information content (AvgIpc) is 2.70. The van der Waals surface area contributed by atoms with E-state index in [1.807, 2.05) is 0 Å². The van der Waals surface area contributed by atoms with E-state index in [9.17, 15) is 0 Å². The molecule has 5 heteroatoms. The highest BCUT2D eigenvalue weighted by atomic mass is 32.2. The highest BCUT2D eigenvalue weighted by Crippen LogP contribution is 2.18. The molecule has 0 aromatic carbocycles. The molecule has 1 rings (SSSR count). The second kappa shape index (κ2) is 5.79. The summed E-state index contributed by atoms with van der Waals surface area (Å²) in [6.07, 6.45) is 5.90.